The summed E-state index contributed by atoms with van der Waals surface area (Å²) in [6.07, 6.45) is 6.46. The summed E-state index contributed by atoms with van der Waals surface area (Å²) >= 11 is 0. The molecule has 156 valence electrons. The van der Waals surface area contributed by atoms with E-state index in [4.69, 9.17) is 14.2 Å². The van der Waals surface area contributed by atoms with Crippen molar-refractivity contribution >= 4 is 11.9 Å². The number of fused-ring (bicyclic) bond motifs is 2. The molecule has 6 nitrogen and oxygen atoms in total. The van der Waals surface area contributed by atoms with Crippen molar-refractivity contribution in [2.45, 2.75) is 71.0 Å². The van der Waals surface area contributed by atoms with E-state index in [0.29, 0.717) is 25.6 Å². The van der Waals surface area contributed by atoms with Gasteiger partial charge in [0.25, 0.3) is 0 Å². The van der Waals surface area contributed by atoms with Gasteiger partial charge < -0.3 is 19.3 Å². The minimum atomic E-state index is -0.547. The highest BCUT2D eigenvalue weighted by atomic mass is 16.6. The van der Waals surface area contributed by atoms with Crippen LogP contribution in [-0.2, 0) is 23.8 Å². The lowest BCUT2D eigenvalue weighted by molar-refractivity contribution is -0.218. The first-order valence-corrected chi connectivity index (χ1v) is 10.6. The second-order valence-corrected chi connectivity index (χ2v) is 9.62. The number of aliphatic hydroxyl groups excluding tert-OH is 1. The predicted molar refractivity (Wildman–Crippen MR) is 101 cm³/mol. The summed E-state index contributed by atoms with van der Waals surface area (Å²) in [5, 5.41) is 11.3. The molecular formula is C22H32O6. The zero-order chi connectivity index (χ0) is 20.2. The van der Waals surface area contributed by atoms with Crippen LogP contribution >= 0.6 is 0 Å². The summed E-state index contributed by atoms with van der Waals surface area (Å²) in [5.41, 5.74) is 0.0980. The van der Waals surface area contributed by atoms with Crippen molar-refractivity contribution in [1.29, 1.82) is 0 Å². The first kappa shape index (κ1) is 19.9. The average Bonchev–Trinajstić information content (AvgIpc) is 3.29. The van der Waals surface area contributed by atoms with E-state index in [1.165, 1.54) is 6.92 Å². The lowest BCUT2D eigenvalue weighted by atomic mass is 9.43. The van der Waals surface area contributed by atoms with E-state index in [0.717, 1.165) is 37.7 Å². The topological polar surface area (TPSA) is 85.4 Å². The normalized spacial score (nSPS) is 44.6. The lowest BCUT2D eigenvalue weighted by Gasteiger charge is -2.62. The lowest BCUT2D eigenvalue weighted by Crippen LogP contribution is -2.66. The van der Waals surface area contributed by atoms with Gasteiger partial charge in [-0.3, -0.25) is 4.79 Å². The number of ether oxygens (including phenoxy) is 3. The molecule has 0 amide bonds. The molecule has 1 N–H and O–H groups in total. The van der Waals surface area contributed by atoms with Gasteiger partial charge in [0.15, 0.2) is 0 Å². The minimum absolute atomic E-state index is 0.0365. The second-order valence-electron chi connectivity index (χ2n) is 9.62. The first-order valence-electron chi connectivity index (χ1n) is 10.6. The zero-order valence-electron chi connectivity index (χ0n) is 17.2. The molecule has 2 heterocycles. The Balaban J connectivity index is 1.66. The van der Waals surface area contributed by atoms with Gasteiger partial charge in [0.2, 0.25) is 0 Å². The van der Waals surface area contributed by atoms with Gasteiger partial charge in [-0.2, -0.15) is 0 Å². The fourth-order valence-corrected chi connectivity index (χ4v) is 6.47. The highest BCUT2D eigenvalue weighted by molar-refractivity contribution is 5.85. The molecule has 2 saturated carbocycles. The fourth-order valence-electron chi connectivity index (χ4n) is 6.47. The van der Waals surface area contributed by atoms with E-state index in [1.54, 1.807) is 6.08 Å². The van der Waals surface area contributed by atoms with Crippen molar-refractivity contribution in [3.05, 3.63) is 11.6 Å². The largest absolute Gasteiger partial charge is 0.465 e. The van der Waals surface area contributed by atoms with Crippen molar-refractivity contribution in [2.24, 2.45) is 22.7 Å². The summed E-state index contributed by atoms with van der Waals surface area (Å²) in [6, 6.07) is 0. The molecule has 6 heteroatoms. The smallest absolute Gasteiger partial charge is 0.331 e. The van der Waals surface area contributed by atoms with Gasteiger partial charge in [-0.1, -0.05) is 20.3 Å². The predicted octanol–water partition coefficient (Wildman–Crippen LogP) is 2.78. The quantitative estimate of drug-likeness (QED) is 0.572. The van der Waals surface area contributed by atoms with Gasteiger partial charge in [-0.05, 0) is 54.9 Å². The molecule has 28 heavy (non-hydrogen) atoms. The number of carbonyl (C=O) groups is 2. The zero-order valence-corrected chi connectivity index (χ0v) is 17.2. The molecule has 0 aromatic rings. The van der Waals surface area contributed by atoms with Crippen molar-refractivity contribution < 1.29 is 28.9 Å². The van der Waals surface area contributed by atoms with Crippen molar-refractivity contribution in [3.63, 3.8) is 0 Å². The Morgan fingerprint density at radius 3 is 2.79 bits per heavy atom. The Kier molecular flexibility index (Phi) is 4.86. The number of epoxide rings is 1. The molecule has 0 aromatic carbocycles. The van der Waals surface area contributed by atoms with E-state index >= 15 is 0 Å². The van der Waals surface area contributed by atoms with E-state index in [1.807, 2.05) is 0 Å². The maximum absolute atomic E-state index is 11.7. The van der Waals surface area contributed by atoms with Gasteiger partial charge in [-0.25, -0.2) is 4.79 Å². The van der Waals surface area contributed by atoms with Gasteiger partial charge in [-0.15, -0.1) is 0 Å². The highest BCUT2D eigenvalue weighted by Crippen LogP contribution is 2.68. The molecule has 4 rings (SSSR count). The van der Waals surface area contributed by atoms with Crippen LogP contribution in [0.25, 0.3) is 0 Å². The van der Waals surface area contributed by atoms with Crippen molar-refractivity contribution in [2.75, 3.05) is 19.8 Å². The molecular weight excluding hydrogens is 360 g/mol. The number of carbonyl (C=O) groups excluding carboxylic acids is 2. The van der Waals surface area contributed by atoms with Gasteiger partial charge in [0.05, 0.1) is 18.1 Å². The van der Waals surface area contributed by atoms with E-state index < -0.39 is 11.5 Å². The molecule has 1 spiro atoms. The molecule has 0 aromatic heterocycles. The van der Waals surface area contributed by atoms with E-state index in [2.05, 4.69) is 13.8 Å². The van der Waals surface area contributed by atoms with Crippen molar-refractivity contribution in [3.8, 4) is 0 Å². The third kappa shape index (κ3) is 2.91. The number of esters is 2. The second kappa shape index (κ2) is 6.84. The molecule has 0 bridgehead atoms. The van der Waals surface area contributed by atoms with E-state index in [-0.39, 0.29) is 35.5 Å². The number of hydrogen-bond acceptors (Lipinski definition) is 6. The Morgan fingerprint density at radius 2 is 2.18 bits per heavy atom. The van der Waals surface area contributed by atoms with Gasteiger partial charge in [0.1, 0.15) is 18.8 Å². The summed E-state index contributed by atoms with van der Waals surface area (Å²) in [4.78, 5) is 23.1. The maximum atomic E-state index is 11.7. The third-order valence-electron chi connectivity index (χ3n) is 8.35. The Morgan fingerprint density at radius 1 is 1.43 bits per heavy atom. The van der Waals surface area contributed by atoms with E-state index in [9.17, 15) is 14.7 Å². The first-order chi connectivity index (χ1) is 13.2. The SMILES string of the molecule is CC(=O)OC[C@@]12[C@H](CCC[C@]13CO3)[C@@](C)(CCC1=CC(=O)OC1)[C@H](C)C[C@@H]2O. The van der Waals surface area contributed by atoms with Crippen LogP contribution < -0.4 is 0 Å². The number of cyclic esters (lactones) is 1. The molecule has 1 saturated heterocycles. The highest BCUT2D eigenvalue weighted by Gasteiger charge is 2.73. The minimum Gasteiger partial charge on any atom is -0.465 e. The molecule has 2 aliphatic carbocycles. The Labute approximate surface area is 166 Å². The standard InChI is InChI=1S/C22H32O6/c1-14-9-18(24)22(13-27-15(2)23)17(5-4-7-21(22)12-28-21)20(14,3)8-6-16-10-19(25)26-11-16/h10,14,17-18,24H,4-9,11-13H2,1-3H3/t14-,17-,18+,20+,21+,22+/m1/s1. The van der Waals surface area contributed by atoms with Crippen LogP contribution in [0.3, 0.4) is 0 Å². The van der Waals surface area contributed by atoms with Crippen LogP contribution in [0.2, 0.25) is 0 Å². The van der Waals surface area contributed by atoms with Gasteiger partial charge >= 0.3 is 11.9 Å². The third-order valence-corrected chi connectivity index (χ3v) is 8.35. The number of rotatable bonds is 5. The average molecular weight is 392 g/mol. The van der Waals surface area contributed by atoms with Gasteiger partial charge in [0, 0.05) is 13.0 Å². The summed E-state index contributed by atoms with van der Waals surface area (Å²) in [6.45, 7) is 7.22. The number of aliphatic hydroxyl groups is 1. The van der Waals surface area contributed by atoms with Crippen LogP contribution in [0.4, 0.5) is 0 Å². The number of hydrogen-bond donors (Lipinski definition) is 1. The molecule has 0 radical (unpaired) electrons. The summed E-state index contributed by atoms with van der Waals surface area (Å²) in [5.74, 6) is -0.0354. The molecule has 2 aliphatic heterocycles. The Hall–Kier alpha value is -1.40. The molecule has 3 fully saturated rings. The van der Waals surface area contributed by atoms with Crippen LogP contribution in [0.1, 0.15) is 59.3 Å². The molecule has 4 aliphatic rings. The summed E-state index contributed by atoms with van der Waals surface area (Å²) < 4.78 is 16.6. The Bertz CT molecular complexity index is 695. The van der Waals surface area contributed by atoms with Crippen LogP contribution in [0.5, 0.6) is 0 Å². The molecule has 6 atom stereocenters. The fraction of sp³-hybridized carbons (Fsp3) is 0.818. The van der Waals surface area contributed by atoms with Crippen molar-refractivity contribution in [1.82, 2.24) is 0 Å². The van der Waals surface area contributed by atoms with Crippen LogP contribution in [-0.4, -0.2) is 48.6 Å². The monoisotopic (exact) mass is 392 g/mol. The van der Waals surface area contributed by atoms with Crippen LogP contribution in [0, 0.1) is 22.7 Å². The molecule has 0 unspecified atom stereocenters. The van der Waals surface area contributed by atoms with Crippen LogP contribution in [0.15, 0.2) is 11.6 Å². The maximum Gasteiger partial charge on any atom is 0.331 e. The summed E-state index contributed by atoms with van der Waals surface area (Å²) in [7, 11) is 0.